The van der Waals surface area contributed by atoms with E-state index in [2.05, 4.69) is 65.3 Å². The van der Waals surface area contributed by atoms with Crippen molar-refractivity contribution in [3.8, 4) is 5.75 Å². The molecule has 2 atom stereocenters. The lowest BCUT2D eigenvalue weighted by Gasteiger charge is -2.41. The van der Waals surface area contributed by atoms with Crippen LogP contribution in [0.15, 0.2) is 42.5 Å². The number of carbonyl (C=O) groups is 1. The number of anilines is 2. The van der Waals surface area contributed by atoms with Gasteiger partial charge in [0.2, 0.25) is 11.6 Å². The van der Waals surface area contributed by atoms with E-state index in [-0.39, 0.29) is 5.91 Å². The highest BCUT2D eigenvalue weighted by atomic mass is 16.5. The van der Waals surface area contributed by atoms with Gasteiger partial charge < -0.3 is 20.7 Å². The Morgan fingerprint density at radius 1 is 0.762 bits per heavy atom. The molecule has 2 aromatic carbocycles. The first-order chi connectivity index (χ1) is 20.6. The minimum absolute atomic E-state index is 0.156. The van der Waals surface area contributed by atoms with Crippen LogP contribution in [-0.2, 0) is 11.2 Å². The van der Waals surface area contributed by atoms with Crippen LogP contribution in [0.2, 0.25) is 0 Å². The molecule has 2 aromatic rings. The minimum atomic E-state index is -0.612. The van der Waals surface area contributed by atoms with Gasteiger partial charge in [0.15, 0.2) is 0 Å². The highest BCUT2D eigenvalue weighted by Crippen LogP contribution is 2.45. The van der Waals surface area contributed by atoms with Gasteiger partial charge in [-0.3, -0.25) is 4.79 Å². The summed E-state index contributed by atoms with van der Waals surface area (Å²) in [6, 6.07) is 14.9. The van der Waals surface area contributed by atoms with Crippen LogP contribution in [0.1, 0.15) is 120 Å². The molecule has 6 rings (SSSR count). The third kappa shape index (κ3) is 6.17. The second-order valence-electron chi connectivity index (χ2n) is 13.8. The Bertz CT molecular complexity index is 1170. The predicted octanol–water partition coefficient (Wildman–Crippen LogP) is 8.91. The van der Waals surface area contributed by atoms with Crippen molar-refractivity contribution in [3.63, 3.8) is 0 Å². The first-order valence-electron chi connectivity index (χ1n) is 17.3. The quantitative estimate of drug-likeness (QED) is 0.335. The summed E-state index contributed by atoms with van der Waals surface area (Å²) in [5.41, 5.74) is 3.53. The number of rotatable bonds is 5. The van der Waals surface area contributed by atoms with Gasteiger partial charge in [0.25, 0.3) is 0 Å². The molecule has 2 aliphatic heterocycles. The fourth-order valence-corrected chi connectivity index (χ4v) is 8.48. The molecule has 0 saturated heterocycles. The van der Waals surface area contributed by atoms with Crippen molar-refractivity contribution in [1.29, 1.82) is 0 Å². The summed E-state index contributed by atoms with van der Waals surface area (Å²) in [4.78, 5) is 14.8. The number of nitrogens with one attached hydrogen (secondary N) is 3. The first kappa shape index (κ1) is 29.4. The number of hydrogen-bond acceptors (Lipinski definition) is 4. The second-order valence-corrected chi connectivity index (χ2v) is 13.8. The molecule has 0 spiro atoms. The lowest BCUT2D eigenvalue weighted by molar-refractivity contribution is -0.128. The van der Waals surface area contributed by atoms with Crippen LogP contribution in [0, 0.1) is 18.8 Å². The van der Waals surface area contributed by atoms with Gasteiger partial charge >= 0.3 is 0 Å². The standard InChI is InChI=1S/C37H53N3O2/c1-28-18-17-19-29-26-36(40-34(28)29,30-20-11-7-3-2-4-8-12-21-30)35(41)38-27-37(31-22-13-9-5-6-10-14-23-31)39-32-24-15-16-25-33(32)42-37/h15-19,24-25,30-31,39-40H,2-14,20-23,26-27H2,1H3,(H,38,41). The van der Waals surface area contributed by atoms with Crippen LogP contribution in [-0.4, -0.2) is 23.7 Å². The lowest BCUT2D eigenvalue weighted by atomic mass is 9.74. The third-order valence-corrected chi connectivity index (χ3v) is 10.9. The van der Waals surface area contributed by atoms with Gasteiger partial charge in [0.1, 0.15) is 11.3 Å². The summed E-state index contributed by atoms with van der Waals surface area (Å²) >= 11 is 0. The van der Waals surface area contributed by atoms with Crippen LogP contribution in [0.25, 0.3) is 0 Å². The molecule has 228 valence electrons. The summed E-state index contributed by atoms with van der Waals surface area (Å²) in [6.07, 6.45) is 21.9. The van der Waals surface area contributed by atoms with E-state index in [0.29, 0.717) is 18.4 Å². The van der Waals surface area contributed by atoms with Crippen molar-refractivity contribution in [2.75, 3.05) is 17.2 Å². The SMILES string of the molecule is Cc1cccc2c1NC(C(=O)NCC1(C3CCCCCCCC3)Nc3ccccc3O1)(C1CCCCCCCCC1)C2. The Balaban J connectivity index is 1.28. The van der Waals surface area contributed by atoms with E-state index < -0.39 is 11.3 Å². The molecule has 2 heterocycles. The van der Waals surface area contributed by atoms with Gasteiger partial charge in [-0.15, -0.1) is 0 Å². The molecule has 2 saturated carbocycles. The van der Waals surface area contributed by atoms with Crippen LogP contribution in [0.3, 0.4) is 0 Å². The van der Waals surface area contributed by atoms with E-state index in [4.69, 9.17) is 4.74 Å². The molecule has 3 N–H and O–H groups in total. The van der Waals surface area contributed by atoms with E-state index >= 15 is 0 Å². The monoisotopic (exact) mass is 571 g/mol. The van der Waals surface area contributed by atoms with Crippen LogP contribution < -0.4 is 20.7 Å². The Morgan fingerprint density at radius 3 is 1.98 bits per heavy atom. The van der Waals surface area contributed by atoms with Crippen molar-refractivity contribution in [2.45, 2.75) is 134 Å². The zero-order valence-electron chi connectivity index (χ0n) is 25.9. The Labute approximate surface area is 254 Å². The number of aryl methyl sites for hydroxylation is 1. The number of benzene rings is 2. The molecule has 0 aromatic heterocycles. The zero-order chi connectivity index (χ0) is 28.8. The number of fused-ring (bicyclic) bond motifs is 2. The number of carbonyl (C=O) groups excluding carboxylic acids is 1. The highest BCUT2D eigenvalue weighted by molar-refractivity contribution is 5.93. The Hall–Kier alpha value is -2.69. The molecule has 5 nitrogen and oxygen atoms in total. The molecule has 1 amide bonds. The van der Waals surface area contributed by atoms with Crippen LogP contribution in [0.4, 0.5) is 11.4 Å². The lowest BCUT2D eigenvalue weighted by Crippen LogP contribution is -2.62. The molecule has 0 bridgehead atoms. The summed E-state index contributed by atoms with van der Waals surface area (Å²) in [5, 5.41) is 11.3. The summed E-state index contributed by atoms with van der Waals surface area (Å²) in [7, 11) is 0. The average molecular weight is 572 g/mol. The van der Waals surface area contributed by atoms with Gasteiger partial charge in [0.05, 0.1) is 12.2 Å². The molecule has 4 aliphatic rings. The fourth-order valence-electron chi connectivity index (χ4n) is 8.48. The second kappa shape index (κ2) is 13.3. The number of amides is 1. The Kier molecular flexibility index (Phi) is 9.31. The maximum absolute atomic E-state index is 14.8. The fraction of sp³-hybridized carbons (Fsp3) is 0.649. The van der Waals surface area contributed by atoms with Gasteiger partial charge in [-0.05, 0) is 61.8 Å². The van der Waals surface area contributed by atoms with E-state index in [1.54, 1.807) is 0 Å². The van der Waals surface area contributed by atoms with Gasteiger partial charge in [-0.25, -0.2) is 0 Å². The maximum atomic E-state index is 14.8. The van der Waals surface area contributed by atoms with Crippen LogP contribution in [0.5, 0.6) is 5.75 Å². The number of hydrogen-bond donors (Lipinski definition) is 3. The summed E-state index contributed by atoms with van der Waals surface area (Å²) in [6.45, 7) is 2.66. The van der Waals surface area contributed by atoms with E-state index in [1.807, 2.05) is 0 Å². The van der Waals surface area contributed by atoms with Crippen LogP contribution >= 0.6 is 0 Å². The topological polar surface area (TPSA) is 62.4 Å². The zero-order valence-corrected chi connectivity index (χ0v) is 25.9. The van der Waals surface area contributed by atoms with E-state index in [9.17, 15) is 4.79 Å². The smallest absolute Gasteiger partial charge is 0.246 e. The summed E-state index contributed by atoms with van der Waals surface area (Å²) < 4.78 is 6.86. The third-order valence-electron chi connectivity index (χ3n) is 10.9. The highest BCUT2D eigenvalue weighted by Gasteiger charge is 2.51. The van der Waals surface area contributed by atoms with Crippen molar-refractivity contribution in [1.82, 2.24) is 5.32 Å². The largest absolute Gasteiger partial charge is 0.464 e. The summed E-state index contributed by atoms with van der Waals surface area (Å²) in [5.74, 6) is 1.74. The normalized spacial score (nSPS) is 27.6. The van der Waals surface area contributed by atoms with E-state index in [1.165, 1.54) is 100 Å². The number of ether oxygens (including phenoxy) is 1. The van der Waals surface area contributed by atoms with E-state index in [0.717, 1.165) is 43.5 Å². The predicted molar refractivity (Wildman–Crippen MR) is 173 cm³/mol. The van der Waals surface area contributed by atoms with Crippen molar-refractivity contribution < 1.29 is 9.53 Å². The van der Waals surface area contributed by atoms with Crippen molar-refractivity contribution >= 4 is 17.3 Å². The van der Waals surface area contributed by atoms with Crippen molar-refractivity contribution in [3.05, 3.63) is 53.6 Å². The van der Waals surface area contributed by atoms with Gasteiger partial charge in [0, 0.05) is 18.0 Å². The minimum Gasteiger partial charge on any atom is -0.464 e. The molecular formula is C37H53N3O2. The molecule has 0 radical (unpaired) electrons. The maximum Gasteiger partial charge on any atom is 0.246 e. The van der Waals surface area contributed by atoms with Gasteiger partial charge in [-0.2, -0.15) is 0 Å². The first-order valence-corrected chi connectivity index (χ1v) is 17.3. The molecular weight excluding hydrogens is 518 g/mol. The molecule has 2 aliphatic carbocycles. The van der Waals surface area contributed by atoms with Gasteiger partial charge in [-0.1, -0.05) is 114 Å². The Morgan fingerprint density at radius 2 is 1.36 bits per heavy atom. The number of para-hydroxylation sites is 3. The molecule has 2 fully saturated rings. The average Bonchev–Trinajstić information content (AvgIpc) is 3.63. The van der Waals surface area contributed by atoms with Crippen molar-refractivity contribution in [2.24, 2.45) is 11.8 Å². The molecule has 5 heteroatoms. The molecule has 42 heavy (non-hydrogen) atoms. The molecule has 2 unspecified atom stereocenters.